The van der Waals surface area contributed by atoms with E-state index in [1.165, 1.54) is 0 Å². The molecule has 0 saturated heterocycles. The third-order valence-electron chi connectivity index (χ3n) is 1.76. The molecule has 0 spiro atoms. The first-order chi connectivity index (χ1) is 6.34. The number of guanidine groups is 1. The van der Waals surface area contributed by atoms with E-state index in [9.17, 15) is 0 Å². The third-order valence-corrected chi connectivity index (χ3v) is 2.00. The monoisotopic (exact) mass is 195 g/mol. The molecule has 1 heterocycles. The Hall–Kier alpha value is -1.22. The summed E-state index contributed by atoms with van der Waals surface area (Å²) in [5.41, 5.74) is 0.959. The van der Waals surface area contributed by atoms with Crippen molar-refractivity contribution < 1.29 is 0 Å². The number of hydrogen-bond acceptors (Lipinski definition) is 3. The zero-order valence-corrected chi connectivity index (χ0v) is 7.80. The number of benzene rings is 1. The molecule has 1 aliphatic rings. The number of rotatable bonds is 1. The lowest BCUT2D eigenvalue weighted by Crippen LogP contribution is -2.26. The van der Waals surface area contributed by atoms with Crippen molar-refractivity contribution in [3.63, 3.8) is 0 Å². The van der Waals surface area contributed by atoms with Gasteiger partial charge in [-0.05, 0) is 18.2 Å². The lowest BCUT2D eigenvalue weighted by atomic mass is 10.3. The molecule has 1 aromatic rings. The van der Waals surface area contributed by atoms with Gasteiger partial charge >= 0.3 is 0 Å². The molecule has 2 rings (SSSR count). The average molecular weight is 196 g/mol. The van der Waals surface area contributed by atoms with Crippen LogP contribution in [0.3, 0.4) is 0 Å². The fourth-order valence-electron chi connectivity index (χ4n) is 1.18. The molecule has 1 aromatic carbocycles. The highest BCUT2D eigenvalue weighted by Gasteiger charge is 2.04. The fraction of sp³-hybridized carbons (Fsp3) is 0.222. The Balaban J connectivity index is 2.09. The van der Waals surface area contributed by atoms with Gasteiger partial charge in [0.05, 0.1) is 6.54 Å². The van der Waals surface area contributed by atoms with Crippen molar-refractivity contribution in [3.05, 3.63) is 29.3 Å². The summed E-state index contributed by atoms with van der Waals surface area (Å²) < 4.78 is 0. The van der Waals surface area contributed by atoms with Crippen LogP contribution in [0.15, 0.2) is 29.3 Å². The second-order valence-electron chi connectivity index (χ2n) is 2.79. The highest BCUT2D eigenvalue weighted by molar-refractivity contribution is 6.30. The van der Waals surface area contributed by atoms with Gasteiger partial charge in [-0.25, -0.2) is 0 Å². The van der Waals surface area contributed by atoms with Gasteiger partial charge in [-0.3, -0.25) is 4.99 Å². The SMILES string of the molecule is Clc1cccc(NC2=NCCN2)c1. The molecule has 4 heteroatoms. The van der Waals surface area contributed by atoms with E-state index < -0.39 is 0 Å². The molecule has 0 unspecified atom stereocenters. The fourth-order valence-corrected chi connectivity index (χ4v) is 1.37. The van der Waals surface area contributed by atoms with Gasteiger partial charge in [0.1, 0.15) is 0 Å². The number of aliphatic imine (C=N–C) groups is 1. The molecule has 1 aliphatic heterocycles. The molecule has 0 radical (unpaired) electrons. The van der Waals surface area contributed by atoms with E-state index in [-0.39, 0.29) is 0 Å². The Morgan fingerprint density at radius 1 is 1.46 bits per heavy atom. The first-order valence-corrected chi connectivity index (χ1v) is 4.53. The van der Waals surface area contributed by atoms with Gasteiger partial charge in [0.15, 0.2) is 5.96 Å². The Morgan fingerprint density at radius 3 is 3.08 bits per heavy atom. The van der Waals surface area contributed by atoms with Gasteiger partial charge in [0, 0.05) is 17.3 Å². The Labute approximate surface area is 81.8 Å². The van der Waals surface area contributed by atoms with Crippen LogP contribution in [0.25, 0.3) is 0 Å². The highest BCUT2D eigenvalue weighted by Crippen LogP contribution is 2.14. The molecule has 2 N–H and O–H groups in total. The van der Waals surface area contributed by atoms with Gasteiger partial charge in [-0.2, -0.15) is 0 Å². The van der Waals surface area contributed by atoms with Crippen molar-refractivity contribution in [1.29, 1.82) is 0 Å². The smallest absolute Gasteiger partial charge is 0.195 e. The predicted octanol–water partition coefficient (Wildman–Crippen LogP) is 1.71. The highest BCUT2D eigenvalue weighted by atomic mass is 35.5. The molecule has 0 aliphatic carbocycles. The van der Waals surface area contributed by atoms with Gasteiger partial charge in [0.25, 0.3) is 0 Å². The van der Waals surface area contributed by atoms with Crippen LogP contribution < -0.4 is 10.6 Å². The summed E-state index contributed by atoms with van der Waals surface area (Å²) in [7, 11) is 0. The molecule has 68 valence electrons. The lowest BCUT2D eigenvalue weighted by Gasteiger charge is -2.05. The largest absolute Gasteiger partial charge is 0.354 e. The van der Waals surface area contributed by atoms with E-state index in [0.717, 1.165) is 29.8 Å². The molecule has 0 bridgehead atoms. The lowest BCUT2D eigenvalue weighted by molar-refractivity contribution is 0.959. The van der Waals surface area contributed by atoms with Crippen LogP contribution in [-0.4, -0.2) is 19.0 Å². The van der Waals surface area contributed by atoms with Crippen molar-refractivity contribution in [3.8, 4) is 0 Å². The summed E-state index contributed by atoms with van der Waals surface area (Å²) in [6, 6.07) is 7.56. The maximum atomic E-state index is 5.83. The molecule has 0 atom stereocenters. The third kappa shape index (κ3) is 2.12. The summed E-state index contributed by atoms with van der Waals surface area (Å²) in [4.78, 5) is 4.21. The molecule has 13 heavy (non-hydrogen) atoms. The standard InChI is InChI=1S/C9H10ClN3/c10-7-2-1-3-8(6-7)13-9-11-4-5-12-9/h1-3,6H,4-5H2,(H2,11,12,13). The van der Waals surface area contributed by atoms with Crippen LogP contribution in [0.5, 0.6) is 0 Å². The molecule has 0 aromatic heterocycles. The van der Waals surface area contributed by atoms with Crippen molar-refractivity contribution in [2.45, 2.75) is 0 Å². The maximum absolute atomic E-state index is 5.83. The zero-order chi connectivity index (χ0) is 9.10. The number of nitrogens with one attached hydrogen (secondary N) is 2. The van der Waals surface area contributed by atoms with Crippen molar-refractivity contribution in [2.75, 3.05) is 18.4 Å². The quantitative estimate of drug-likeness (QED) is 0.716. The molecule has 0 saturated carbocycles. The average Bonchev–Trinajstić information content (AvgIpc) is 2.57. The van der Waals surface area contributed by atoms with Gasteiger partial charge in [0.2, 0.25) is 0 Å². The minimum atomic E-state index is 0.726. The normalized spacial score (nSPS) is 15.0. The van der Waals surface area contributed by atoms with Crippen LogP contribution in [0.1, 0.15) is 0 Å². The second-order valence-corrected chi connectivity index (χ2v) is 3.23. The molecule has 0 fully saturated rings. The minimum absolute atomic E-state index is 0.726. The van der Waals surface area contributed by atoms with Gasteiger partial charge in [-0.15, -0.1) is 0 Å². The molecule has 0 amide bonds. The van der Waals surface area contributed by atoms with E-state index in [1.54, 1.807) is 0 Å². The Morgan fingerprint density at radius 2 is 2.38 bits per heavy atom. The number of nitrogens with zero attached hydrogens (tertiary/aromatic N) is 1. The Kier molecular flexibility index (Phi) is 2.36. The van der Waals surface area contributed by atoms with Gasteiger partial charge < -0.3 is 10.6 Å². The van der Waals surface area contributed by atoms with E-state index in [4.69, 9.17) is 11.6 Å². The summed E-state index contributed by atoms with van der Waals surface area (Å²) in [6.45, 7) is 1.74. The first-order valence-electron chi connectivity index (χ1n) is 4.15. The molecular formula is C9H10ClN3. The number of hydrogen-bond donors (Lipinski definition) is 2. The summed E-state index contributed by atoms with van der Waals surface area (Å²) >= 11 is 5.83. The Bertz CT molecular complexity index is 335. The van der Waals surface area contributed by atoms with E-state index in [0.29, 0.717) is 0 Å². The zero-order valence-electron chi connectivity index (χ0n) is 7.05. The van der Waals surface area contributed by atoms with Crippen LogP contribution in [-0.2, 0) is 0 Å². The van der Waals surface area contributed by atoms with Gasteiger partial charge in [-0.1, -0.05) is 17.7 Å². The maximum Gasteiger partial charge on any atom is 0.195 e. The summed E-state index contributed by atoms with van der Waals surface area (Å²) in [5.74, 6) is 0.822. The topological polar surface area (TPSA) is 36.4 Å². The predicted molar refractivity (Wildman–Crippen MR) is 55.4 cm³/mol. The van der Waals surface area contributed by atoms with Crippen molar-refractivity contribution >= 4 is 23.2 Å². The number of halogens is 1. The van der Waals surface area contributed by atoms with Crippen LogP contribution in [0, 0.1) is 0 Å². The van der Waals surface area contributed by atoms with E-state index >= 15 is 0 Å². The van der Waals surface area contributed by atoms with E-state index in [1.807, 2.05) is 24.3 Å². The van der Waals surface area contributed by atoms with Crippen molar-refractivity contribution in [1.82, 2.24) is 5.32 Å². The molecule has 3 nitrogen and oxygen atoms in total. The van der Waals surface area contributed by atoms with Crippen molar-refractivity contribution in [2.24, 2.45) is 4.99 Å². The molecular weight excluding hydrogens is 186 g/mol. The van der Waals surface area contributed by atoms with Crippen LogP contribution >= 0.6 is 11.6 Å². The van der Waals surface area contributed by atoms with E-state index in [2.05, 4.69) is 15.6 Å². The summed E-state index contributed by atoms with van der Waals surface area (Å²) in [5, 5.41) is 6.98. The van der Waals surface area contributed by atoms with Crippen LogP contribution in [0.2, 0.25) is 5.02 Å². The summed E-state index contributed by atoms with van der Waals surface area (Å²) in [6.07, 6.45) is 0. The van der Waals surface area contributed by atoms with Crippen LogP contribution in [0.4, 0.5) is 5.69 Å². The minimum Gasteiger partial charge on any atom is -0.354 e. The number of anilines is 1. The first kappa shape index (κ1) is 8.38. The second kappa shape index (κ2) is 3.66.